The molecule has 14 nitrogen and oxygen atoms in total. The molecule has 1 amide bonds. The molecule has 1 heterocycles. The largest absolute Gasteiger partial charge is 0.507 e. The van der Waals surface area contributed by atoms with Crippen molar-refractivity contribution in [3.63, 3.8) is 0 Å². The van der Waals surface area contributed by atoms with Gasteiger partial charge in [-0.2, -0.15) is 0 Å². The van der Waals surface area contributed by atoms with E-state index in [1.54, 1.807) is 6.92 Å². The van der Waals surface area contributed by atoms with Crippen LogP contribution in [0, 0.1) is 29.6 Å². The normalized spacial score (nSPS) is 31.6. The lowest BCUT2D eigenvalue weighted by molar-refractivity contribution is -0.249. The summed E-state index contributed by atoms with van der Waals surface area (Å²) in [6, 6.07) is 3.42. The van der Waals surface area contributed by atoms with E-state index in [0.717, 1.165) is 25.7 Å². The molecule has 2 fully saturated rings. The number of carbonyl (C=O) groups is 4. The molecule has 1 saturated carbocycles. The molecule has 0 unspecified atom stereocenters. The maximum absolute atomic E-state index is 13.9. The van der Waals surface area contributed by atoms with Crippen LogP contribution in [0.15, 0.2) is 18.2 Å². The van der Waals surface area contributed by atoms with Crippen LogP contribution in [0.3, 0.4) is 0 Å². The maximum Gasteiger partial charge on any atom is 0.407 e. The Hall–Kier alpha value is -4.52. The number of ether oxygens (including phenoxy) is 4. The number of rotatable bonds is 8. The summed E-state index contributed by atoms with van der Waals surface area (Å²) in [6.07, 6.45) is -3.17. The summed E-state index contributed by atoms with van der Waals surface area (Å²) >= 11 is 0. The molecule has 2 aromatic rings. The van der Waals surface area contributed by atoms with Crippen molar-refractivity contribution in [1.82, 2.24) is 5.32 Å². The Morgan fingerprint density at radius 2 is 1.73 bits per heavy atom. The van der Waals surface area contributed by atoms with Crippen molar-refractivity contribution in [3.8, 4) is 29.1 Å². The van der Waals surface area contributed by atoms with Crippen molar-refractivity contribution >= 4 is 23.4 Å². The Kier molecular flexibility index (Phi) is 9.51. The predicted molar refractivity (Wildman–Crippen MR) is 179 cm³/mol. The van der Waals surface area contributed by atoms with Gasteiger partial charge in [-0.05, 0) is 43.6 Å². The molecule has 5 aliphatic rings. The van der Waals surface area contributed by atoms with Crippen LogP contribution in [0.25, 0.3) is 0 Å². The van der Waals surface area contributed by atoms with Crippen LogP contribution in [0.1, 0.15) is 94.5 Å². The molecule has 0 bridgehead atoms. The predicted octanol–water partition coefficient (Wildman–Crippen LogP) is 2.21. The Balaban J connectivity index is 1.15. The summed E-state index contributed by atoms with van der Waals surface area (Å²) in [6.45, 7) is 0.726. The van der Waals surface area contributed by atoms with Gasteiger partial charge in [-0.15, -0.1) is 11.8 Å². The average Bonchev–Trinajstić information content (AvgIpc) is 3.77. The fraction of sp³-hybridized carbons (Fsp3) is 0.526. The molecule has 9 atom stereocenters. The molecule has 14 heteroatoms. The summed E-state index contributed by atoms with van der Waals surface area (Å²) in [5.41, 5.74) is -3.93. The second-order valence-corrected chi connectivity index (χ2v) is 14.3. The zero-order chi connectivity index (χ0) is 37.1. The van der Waals surface area contributed by atoms with Gasteiger partial charge >= 0.3 is 6.09 Å². The highest BCUT2D eigenvalue weighted by Crippen LogP contribution is 2.54. The van der Waals surface area contributed by atoms with Gasteiger partial charge in [0.25, 0.3) is 0 Å². The van der Waals surface area contributed by atoms with E-state index in [1.165, 1.54) is 25.3 Å². The molecule has 276 valence electrons. The molecule has 0 spiro atoms. The lowest BCUT2D eigenvalue weighted by atomic mass is 9.72. The molecule has 0 aromatic heterocycles. The smallest absolute Gasteiger partial charge is 0.407 e. The first-order valence-corrected chi connectivity index (χ1v) is 17.5. The highest BCUT2D eigenvalue weighted by molar-refractivity contribution is 6.31. The number of aromatic hydroxyl groups is 2. The summed E-state index contributed by atoms with van der Waals surface area (Å²) < 4.78 is 23.0. The van der Waals surface area contributed by atoms with E-state index in [-0.39, 0.29) is 46.9 Å². The molecule has 4 aliphatic carbocycles. The van der Waals surface area contributed by atoms with Crippen LogP contribution >= 0.6 is 0 Å². The minimum atomic E-state index is -2.32. The van der Waals surface area contributed by atoms with Crippen LogP contribution in [-0.4, -0.2) is 99.4 Å². The van der Waals surface area contributed by atoms with Crippen molar-refractivity contribution in [2.45, 2.75) is 88.1 Å². The van der Waals surface area contributed by atoms with Crippen LogP contribution in [0.4, 0.5) is 4.79 Å². The van der Waals surface area contributed by atoms with E-state index in [2.05, 4.69) is 17.2 Å². The van der Waals surface area contributed by atoms with Crippen molar-refractivity contribution in [2.24, 2.45) is 17.8 Å². The van der Waals surface area contributed by atoms with Gasteiger partial charge in [0.1, 0.15) is 35.6 Å². The quantitative estimate of drug-likeness (QED) is 0.146. The highest BCUT2D eigenvalue weighted by atomic mass is 16.7. The van der Waals surface area contributed by atoms with Gasteiger partial charge in [0.05, 0.1) is 48.7 Å². The maximum atomic E-state index is 13.9. The number of aliphatic hydroxyl groups excluding tert-OH is 2. The summed E-state index contributed by atoms with van der Waals surface area (Å²) in [5, 5.41) is 58.2. The number of nitrogens with one attached hydrogen (secondary N) is 1. The van der Waals surface area contributed by atoms with Gasteiger partial charge in [-0.25, -0.2) is 4.79 Å². The van der Waals surface area contributed by atoms with Crippen molar-refractivity contribution in [3.05, 3.63) is 51.6 Å². The van der Waals surface area contributed by atoms with Crippen molar-refractivity contribution in [1.29, 1.82) is 0 Å². The zero-order valence-corrected chi connectivity index (χ0v) is 28.7. The number of aliphatic hydroxyl groups is 3. The number of amides is 1. The van der Waals surface area contributed by atoms with Crippen LogP contribution in [0.2, 0.25) is 0 Å². The number of hydrogen-bond acceptors (Lipinski definition) is 13. The number of ketones is 3. The van der Waals surface area contributed by atoms with E-state index < -0.39 is 102 Å². The summed E-state index contributed by atoms with van der Waals surface area (Å²) in [4.78, 5) is 53.5. The standard InChI is InChI=1S/C38H41NO13/c1-17-32(42)23(39-37(47)50-16-22-18-8-5-3-4-6-9-19(18)22)12-27(51-17)52-25-14-38(48,26(41)15-40)13-21-29(25)36(46)31-30(34(21)44)33(43)20-10-7-11-24(49-2)28(20)35(31)45/h7,10-11,17-19,22-23,25,27,32,40,42,44,46,48H,5-6,8-9,12-16H2,1-2H3,(H,39,47)/t17-,18-,19+,22-,23-,25-,27-,32+,38-/m0/s1. The van der Waals surface area contributed by atoms with E-state index in [4.69, 9.17) is 18.9 Å². The Bertz CT molecular complexity index is 1880. The van der Waals surface area contributed by atoms with Gasteiger partial charge in [0.2, 0.25) is 5.78 Å². The molecule has 0 radical (unpaired) electrons. The third-order valence-electron chi connectivity index (χ3n) is 11.3. The van der Waals surface area contributed by atoms with Crippen LogP contribution < -0.4 is 10.1 Å². The first-order valence-electron chi connectivity index (χ1n) is 17.5. The van der Waals surface area contributed by atoms with Gasteiger partial charge < -0.3 is 49.8 Å². The van der Waals surface area contributed by atoms with Gasteiger partial charge in [0.15, 0.2) is 17.9 Å². The molecular formula is C38H41NO13. The first-order chi connectivity index (χ1) is 24.9. The number of Topliss-reactive ketones (excluding diaryl/α,β-unsaturated/α-hetero) is 1. The van der Waals surface area contributed by atoms with E-state index in [9.17, 15) is 44.7 Å². The van der Waals surface area contributed by atoms with Crippen LogP contribution in [0.5, 0.6) is 17.2 Å². The van der Waals surface area contributed by atoms with Crippen LogP contribution in [-0.2, 0) is 25.4 Å². The zero-order valence-electron chi connectivity index (χ0n) is 28.7. The number of carbonyl (C=O) groups excluding carboxylic acids is 4. The van der Waals surface area contributed by atoms with Gasteiger partial charge in [-0.1, -0.05) is 12.1 Å². The van der Waals surface area contributed by atoms with Crippen molar-refractivity contribution in [2.75, 3.05) is 20.3 Å². The minimum Gasteiger partial charge on any atom is -0.507 e. The average molecular weight is 720 g/mol. The van der Waals surface area contributed by atoms with E-state index >= 15 is 0 Å². The number of benzene rings is 2. The molecular weight excluding hydrogens is 678 g/mol. The number of methoxy groups -OCH3 is 1. The van der Waals surface area contributed by atoms with Gasteiger partial charge in [-0.3, -0.25) is 14.4 Å². The fourth-order valence-corrected chi connectivity index (χ4v) is 8.51. The monoisotopic (exact) mass is 719 g/mol. The SMILES string of the molecule is COc1cccc2c1C(=O)c1c(O)c3c(c(O)c1C2=O)C[C@@](O)(C(=O)CO)C[C@@H]3O[C@H]1C[C@H](NC(=O)OC[C@@H]2[C@@H]3CCC#CCC[C@@H]32)[C@H](O)[C@H](C)O1. The first kappa shape index (κ1) is 35.9. The van der Waals surface area contributed by atoms with E-state index in [1.807, 2.05) is 0 Å². The minimum absolute atomic E-state index is 0.0741. The Morgan fingerprint density at radius 1 is 1.04 bits per heavy atom. The lowest BCUT2D eigenvalue weighted by Gasteiger charge is -2.42. The third-order valence-corrected chi connectivity index (χ3v) is 11.3. The number of fused-ring (bicyclic) bond motifs is 4. The van der Waals surface area contributed by atoms with Crippen molar-refractivity contribution < 1.29 is 63.7 Å². The lowest BCUT2D eigenvalue weighted by Crippen LogP contribution is -2.56. The molecule has 2 aromatic carbocycles. The van der Waals surface area contributed by atoms with E-state index in [0.29, 0.717) is 11.8 Å². The Morgan fingerprint density at radius 3 is 2.40 bits per heavy atom. The third kappa shape index (κ3) is 6.10. The number of phenolic OH excluding ortho intramolecular Hbond substituents is 2. The van der Waals surface area contributed by atoms with Gasteiger partial charge in [0, 0.05) is 48.8 Å². The topological polar surface area (TPSA) is 218 Å². The molecule has 1 aliphatic heterocycles. The summed E-state index contributed by atoms with van der Waals surface area (Å²) in [7, 11) is 1.32. The highest BCUT2D eigenvalue weighted by Gasteiger charge is 2.51. The number of hydrogen-bond donors (Lipinski definition) is 6. The second kappa shape index (κ2) is 13.8. The number of phenols is 2. The molecule has 6 N–H and O–H groups in total. The number of alkyl carbamates (subject to hydrolysis) is 1. The molecule has 7 rings (SSSR count). The summed E-state index contributed by atoms with van der Waals surface area (Å²) in [5.74, 6) is 3.52. The molecule has 1 saturated heterocycles. The second-order valence-electron chi connectivity index (χ2n) is 14.3. The fourth-order valence-electron chi connectivity index (χ4n) is 8.51. The Labute approximate surface area is 299 Å². The molecule has 52 heavy (non-hydrogen) atoms.